The monoisotopic (exact) mass is 390 g/mol. The summed E-state index contributed by atoms with van der Waals surface area (Å²) < 4.78 is 0. The summed E-state index contributed by atoms with van der Waals surface area (Å²) in [6, 6.07) is 12.3. The minimum atomic E-state index is -0.356. The Hall–Kier alpha value is -3.55. The first kappa shape index (κ1) is 18.8. The molecule has 0 unspecified atom stereocenters. The lowest BCUT2D eigenvalue weighted by atomic mass is 9.88. The molecule has 29 heavy (non-hydrogen) atoms. The fourth-order valence-electron chi connectivity index (χ4n) is 3.46. The standard InChI is InChI=1S/C21H22N6O2/c28-19(14-7-2-1-3-8-14)23-16-10-6-9-15(13-16)20(29)25-21-24-18(26-27-21)17-11-4-5-12-22-17/h4-6,9-14H,1-3,7-8H2,(H,23,28)(H2,24,25,26,27,29). The van der Waals surface area contributed by atoms with E-state index in [1.165, 1.54) is 6.42 Å². The predicted molar refractivity (Wildman–Crippen MR) is 109 cm³/mol. The molecule has 3 aromatic rings. The average Bonchev–Trinajstić information content (AvgIpc) is 3.23. The van der Waals surface area contributed by atoms with Gasteiger partial charge in [0.25, 0.3) is 5.91 Å². The Morgan fingerprint density at radius 3 is 2.66 bits per heavy atom. The van der Waals surface area contributed by atoms with Crippen LogP contribution in [0.1, 0.15) is 42.5 Å². The summed E-state index contributed by atoms with van der Waals surface area (Å²) in [6.07, 6.45) is 6.90. The van der Waals surface area contributed by atoms with Crippen LogP contribution in [0.3, 0.4) is 0 Å². The van der Waals surface area contributed by atoms with E-state index in [4.69, 9.17) is 0 Å². The van der Waals surface area contributed by atoms with Crippen molar-refractivity contribution < 1.29 is 9.59 Å². The van der Waals surface area contributed by atoms with E-state index in [0.29, 0.717) is 22.8 Å². The molecule has 0 bridgehead atoms. The molecule has 0 radical (unpaired) electrons. The number of nitrogens with one attached hydrogen (secondary N) is 3. The van der Waals surface area contributed by atoms with Crippen LogP contribution < -0.4 is 10.6 Å². The number of carbonyl (C=O) groups excluding carboxylic acids is 2. The fraction of sp³-hybridized carbons (Fsp3) is 0.286. The molecule has 8 nitrogen and oxygen atoms in total. The molecule has 1 fully saturated rings. The summed E-state index contributed by atoms with van der Waals surface area (Å²) in [6.45, 7) is 0. The Kier molecular flexibility index (Phi) is 5.60. The number of amides is 2. The lowest BCUT2D eigenvalue weighted by Gasteiger charge is -2.20. The number of hydrogen-bond acceptors (Lipinski definition) is 5. The third-order valence-corrected chi connectivity index (χ3v) is 4.99. The van der Waals surface area contributed by atoms with Crippen LogP contribution in [0.4, 0.5) is 11.6 Å². The highest BCUT2D eigenvalue weighted by atomic mass is 16.2. The number of H-pyrrole nitrogens is 1. The molecule has 3 N–H and O–H groups in total. The van der Waals surface area contributed by atoms with Gasteiger partial charge in [-0.2, -0.15) is 4.98 Å². The Morgan fingerprint density at radius 2 is 1.86 bits per heavy atom. The SMILES string of the molecule is O=C(Nc1n[nH]c(-c2ccccn2)n1)c1cccc(NC(=O)C2CCCCC2)c1. The summed E-state index contributed by atoms with van der Waals surface area (Å²) >= 11 is 0. The number of benzene rings is 1. The number of pyridine rings is 1. The lowest BCUT2D eigenvalue weighted by molar-refractivity contribution is -0.120. The van der Waals surface area contributed by atoms with Crippen molar-refractivity contribution in [3.05, 3.63) is 54.2 Å². The van der Waals surface area contributed by atoms with Crippen molar-refractivity contribution in [2.75, 3.05) is 10.6 Å². The zero-order chi connectivity index (χ0) is 20.1. The minimum Gasteiger partial charge on any atom is -0.326 e. The molecule has 1 aliphatic rings. The number of anilines is 2. The zero-order valence-corrected chi connectivity index (χ0v) is 15.9. The first-order valence-electron chi connectivity index (χ1n) is 9.75. The van der Waals surface area contributed by atoms with Gasteiger partial charge in [-0.25, -0.2) is 0 Å². The van der Waals surface area contributed by atoms with Crippen LogP contribution in [-0.4, -0.2) is 32.0 Å². The van der Waals surface area contributed by atoms with Crippen LogP contribution in [0.5, 0.6) is 0 Å². The summed E-state index contributed by atoms with van der Waals surface area (Å²) in [5.41, 5.74) is 1.65. The van der Waals surface area contributed by atoms with Gasteiger partial charge in [0.15, 0.2) is 5.82 Å². The molecule has 1 aliphatic carbocycles. The third kappa shape index (κ3) is 4.66. The van der Waals surface area contributed by atoms with Gasteiger partial charge in [-0.05, 0) is 43.2 Å². The molecule has 0 atom stereocenters. The maximum absolute atomic E-state index is 12.6. The molecule has 148 valence electrons. The third-order valence-electron chi connectivity index (χ3n) is 4.99. The van der Waals surface area contributed by atoms with Crippen molar-refractivity contribution in [3.63, 3.8) is 0 Å². The number of carbonyl (C=O) groups is 2. The highest BCUT2D eigenvalue weighted by Gasteiger charge is 2.21. The molecule has 1 saturated carbocycles. The van der Waals surface area contributed by atoms with Gasteiger partial charge in [0.05, 0.1) is 0 Å². The van der Waals surface area contributed by atoms with Gasteiger partial charge in [-0.1, -0.05) is 31.4 Å². The molecule has 2 aromatic heterocycles. The van der Waals surface area contributed by atoms with Crippen molar-refractivity contribution in [2.45, 2.75) is 32.1 Å². The van der Waals surface area contributed by atoms with Crippen molar-refractivity contribution >= 4 is 23.5 Å². The van der Waals surface area contributed by atoms with Gasteiger partial charge in [0, 0.05) is 23.4 Å². The zero-order valence-electron chi connectivity index (χ0n) is 15.9. The van der Waals surface area contributed by atoms with E-state index in [1.807, 2.05) is 12.1 Å². The van der Waals surface area contributed by atoms with Crippen molar-refractivity contribution in [2.24, 2.45) is 5.92 Å². The Balaban J connectivity index is 1.41. The Labute approximate surface area is 168 Å². The summed E-state index contributed by atoms with van der Waals surface area (Å²) in [5, 5.41) is 12.4. The molecule has 0 saturated heterocycles. The Bertz CT molecular complexity index is 995. The van der Waals surface area contributed by atoms with Crippen molar-refractivity contribution in [1.29, 1.82) is 0 Å². The van der Waals surface area contributed by atoms with Crippen LogP contribution in [-0.2, 0) is 4.79 Å². The highest BCUT2D eigenvalue weighted by molar-refractivity contribution is 6.04. The van der Waals surface area contributed by atoms with Gasteiger partial charge in [-0.15, -0.1) is 5.10 Å². The quantitative estimate of drug-likeness (QED) is 0.616. The normalized spacial score (nSPS) is 14.3. The van der Waals surface area contributed by atoms with Crippen LogP contribution >= 0.6 is 0 Å². The average molecular weight is 390 g/mol. The second-order valence-corrected chi connectivity index (χ2v) is 7.08. The molecule has 4 rings (SSSR count). The molecule has 2 amide bonds. The molecule has 2 heterocycles. The number of rotatable bonds is 5. The van der Waals surface area contributed by atoms with Gasteiger partial charge in [0.2, 0.25) is 11.9 Å². The second kappa shape index (κ2) is 8.64. The highest BCUT2D eigenvalue weighted by Crippen LogP contribution is 2.25. The lowest BCUT2D eigenvalue weighted by Crippen LogP contribution is -2.24. The maximum Gasteiger partial charge on any atom is 0.258 e. The summed E-state index contributed by atoms with van der Waals surface area (Å²) in [4.78, 5) is 33.4. The van der Waals surface area contributed by atoms with Crippen LogP contribution in [0.2, 0.25) is 0 Å². The van der Waals surface area contributed by atoms with Crippen LogP contribution in [0.25, 0.3) is 11.5 Å². The minimum absolute atomic E-state index is 0.0243. The summed E-state index contributed by atoms with van der Waals surface area (Å²) in [7, 11) is 0. The molecule has 0 spiro atoms. The predicted octanol–water partition coefficient (Wildman–Crippen LogP) is 3.64. The van der Waals surface area contributed by atoms with Crippen LogP contribution in [0.15, 0.2) is 48.7 Å². The topological polar surface area (TPSA) is 113 Å². The number of hydrogen-bond donors (Lipinski definition) is 3. The van der Waals surface area contributed by atoms with E-state index in [9.17, 15) is 9.59 Å². The van der Waals surface area contributed by atoms with Crippen molar-refractivity contribution in [3.8, 4) is 11.5 Å². The van der Waals surface area contributed by atoms with Crippen LogP contribution in [0, 0.1) is 5.92 Å². The van der Waals surface area contributed by atoms with Gasteiger partial charge < -0.3 is 5.32 Å². The van der Waals surface area contributed by atoms with Gasteiger partial charge in [-0.3, -0.25) is 25.0 Å². The molecular weight excluding hydrogens is 368 g/mol. The number of aromatic amines is 1. The smallest absolute Gasteiger partial charge is 0.258 e. The number of aromatic nitrogens is 4. The number of nitrogens with zero attached hydrogens (tertiary/aromatic N) is 3. The van der Waals surface area contributed by atoms with Crippen molar-refractivity contribution in [1.82, 2.24) is 20.2 Å². The Morgan fingerprint density at radius 1 is 1.00 bits per heavy atom. The molecule has 1 aromatic carbocycles. The maximum atomic E-state index is 12.6. The molecule has 0 aliphatic heterocycles. The largest absolute Gasteiger partial charge is 0.326 e. The van der Waals surface area contributed by atoms with E-state index in [2.05, 4.69) is 30.8 Å². The van der Waals surface area contributed by atoms with Gasteiger partial charge in [0.1, 0.15) is 5.69 Å². The van der Waals surface area contributed by atoms with E-state index >= 15 is 0 Å². The first-order valence-corrected chi connectivity index (χ1v) is 9.75. The summed E-state index contributed by atoms with van der Waals surface area (Å²) in [5.74, 6) is 0.350. The van der Waals surface area contributed by atoms with Gasteiger partial charge >= 0.3 is 0 Å². The van der Waals surface area contributed by atoms with E-state index < -0.39 is 0 Å². The molecule has 8 heteroatoms. The molecular formula is C21H22N6O2. The van der Waals surface area contributed by atoms with E-state index in [1.54, 1.807) is 36.5 Å². The first-order chi connectivity index (χ1) is 14.2. The fourth-order valence-corrected chi connectivity index (χ4v) is 3.46. The van der Waals surface area contributed by atoms with E-state index in [0.717, 1.165) is 25.7 Å². The second-order valence-electron chi connectivity index (χ2n) is 7.08. The van der Waals surface area contributed by atoms with E-state index in [-0.39, 0.29) is 23.7 Å².